The molecule has 3 aromatic carbocycles. The first kappa shape index (κ1) is 14.8. The lowest BCUT2D eigenvalue weighted by Crippen LogP contribution is -2.00. The smallest absolute Gasteiger partial charge is 0.115 e. The second kappa shape index (κ2) is 6.34. The van der Waals surface area contributed by atoms with Crippen LogP contribution in [0.3, 0.4) is 0 Å². The summed E-state index contributed by atoms with van der Waals surface area (Å²) in [5, 5.41) is 10.6. The Bertz CT molecular complexity index is 774. The molecule has 3 aromatic rings. The maximum atomic E-state index is 9.36. The molecular weight excluding hydrogens is 287 g/mol. The SMILES string of the molecule is CCc1ccc(-c2ccc(-c3ccc(O)cc3)cc2)cc1P. The lowest BCUT2D eigenvalue weighted by molar-refractivity contribution is 0.475. The van der Waals surface area contributed by atoms with Gasteiger partial charge in [-0.15, -0.1) is 9.24 Å². The van der Waals surface area contributed by atoms with E-state index in [9.17, 15) is 5.11 Å². The van der Waals surface area contributed by atoms with E-state index >= 15 is 0 Å². The summed E-state index contributed by atoms with van der Waals surface area (Å²) in [6.45, 7) is 2.18. The van der Waals surface area contributed by atoms with Crippen LogP contribution < -0.4 is 5.30 Å². The quantitative estimate of drug-likeness (QED) is 0.690. The van der Waals surface area contributed by atoms with Crippen LogP contribution in [0.5, 0.6) is 5.75 Å². The Hall–Kier alpha value is -2.11. The highest BCUT2D eigenvalue weighted by atomic mass is 31.0. The third-order valence-electron chi connectivity index (χ3n) is 3.95. The van der Waals surface area contributed by atoms with E-state index < -0.39 is 0 Å². The van der Waals surface area contributed by atoms with Crippen molar-refractivity contribution in [1.82, 2.24) is 0 Å². The van der Waals surface area contributed by atoms with Gasteiger partial charge in [-0.2, -0.15) is 0 Å². The molecule has 0 heterocycles. The van der Waals surface area contributed by atoms with Crippen LogP contribution in [0.1, 0.15) is 12.5 Å². The number of aromatic hydroxyl groups is 1. The van der Waals surface area contributed by atoms with Gasteiger partial charge >= 0.3 is 0 Å². The number of phenolic OH excluding ortho intramolecular Hbond substituents is 1. The van der Waals surface area contributed by atoms with Gasteiger partial charge in [-0.1, -0.05) is 55.5 Å². The molecule has 0 aromatic heterocycles. The molecule has 0 aliphatic carbocycles. The van der Waals surface area contributed by atoms with Gasteiger partial charge in [-0.25, -0.2) is 0 Å². The molecule has 1 N–H and O–H groups in total. The van der Waals surface area contributed by atoms with Crippen LogP contribution in [0.4, 0.5) is 0 Å². The van der Waals surface area contributed by atoms with Gasteiger partial charge < -0.3 is 5.11 Å². The molecule has 3 rings (SSSR count). The Morgan fingerprint density at radius 2 is 1.18 bits per heavy atom. The van der Waals surface area contributed by atoms with E-state index in [1.54, 1.807) is 12.1 Å². The van der Waals surface area contributed by atoms with E-state index in [0.29, 0.717) is 5.75 Å². The van der Waals surface area contributed by atoms with E-state index in [-0.39, 0.29) is 0 Å². The van der Waals surface area contributed by atoms with Gasteiger partial charge in [0.15, 0.2) is 0 Å². The van der Waals surface area contributed by atoms with Crippen molar-refractivity contribution in [2.24, 2.45) is 0 Å². The number of hydrogen-bond acceptors (Lipinski definition) is 1. The van der Waals surface area contributed by atoms with E-state index in [0.717, 1.165) is 17.5 Å². The molecule has 2 heteroatoms. The molecule has 0 spiro atoms. The van der Waals surface area contributed by atoms with Crippen molar-refractivity contribution in [2.45, 2.75) is 13.3 Å². The zero-order chi connectivity index (χ0) is 15.5. The summed E-state index contributed by atoms with van der Waals surface area (Å²) in [5.41, 5.74) is 6.08. The van der Waals surface area contributed by atoms with Crippen LogP contribution in [0.2, 0.25) is 0 Å². The predicted octanol–water partition coefficient (Wildman–Crippen LogP) is 4.79. The van der Waals surface area contributed by atoms with Crippen molar-refractivity contribution in [1.29, 1.82) is 0 Å². The largest absolute Gasteiger partial charge is 0.508 e. The molecule has 1 atom stereocenters. The molecule has 0 aliphatic heterocycles. The van der Waals surface area contributed by atoms with Gasteiger partial charge in [0.05, 0.1) is 0 Å². The normalized spacial score (nSPS) is 10.6. The molecule has 1 nitrogen and oxygen atoms in total. The molecule has 0 amide bonds. The van der Waals surface area contributed by atoms with E-state index in [4.69, 9.17) is 0 Å². The molecule has 0 bridgehead atoms. The summed E-state index contributed by atoms with van der Waals surface area (Å²) in [4.78, 5) is 0. The van der Waals surface area contributed by atoms with E-state index in [2.05, 4.69) is 58.6 Å². The zero-order valence-corrected chi connectivity index (χ0v) is 13.7. The first-order chi connectivity index (χ1) is 10.7. The number of aryl methyl sites for hydroxylation is 1. The van der Waals surface area contributed by atoms with Crippen LogP contribution in [-0.2, 0) is 6.42 Å². The van der Waals surface area contributed by atoms with Crippen molar-refractivity contribution in [2.75, 3.05) is 0 Å². The first-order valence-electron chi connectivity index (χ1n) is 7.45. The van der Waals surface area contributed by atoms with Gasteiger partial charge in [0.25, 0.3) is 0 Å². The summed E-state index contributed by atoms with van der Waals surface area (Å²) in [6, 6.07) is 22.4. The summed E-state index contributed by atoms with van der Waals surface area (Å²) >= 11 is 0. The summed E-state index contributed by atoms with van der Waals surface area (Å²) in [6.07, 6.45) is 1.05. The summed E-state index contributed by atoms with van der Waals surface area (Å²) in [5.74, 6) is 0.296. The maximum Gasteiger partial charge on any atom is 0.115 e. The van der Waals surface area contributed by atoms with Gasteiger partial charge in [0, 0.05) is 0 Å². The minimum Gasteiger partial charge on any atom is -0.508 e. The molecule has 1 unspecified atom stereocenters. The molecule has 0 saturated heterocycles. The maximum absolute atomic E-state index is 9.36. The van der Waals surface area contributed by atoms with Crippen LogP contribution in [0.15, 0.2) is 66.7 Å². The second-order valence-electron chi connectivity index (χ2n) is 5.39. The lowest BCUT2D eigenvalue weighted by atomic mass is 9.99. The zero-order valence-electron chi connectivity index (χ0n) is 12.6. The fourth-order valence-corrected chi connectivity index (χ4v) is 3.09. The number of phenols is 1. The highest BCUT2D eigenvalue weighted by molar-refractivity contribution is 7.27. The fourth-order valence-electron chi connectivity index (χ4n) is 2.61. The average molecular weight is 306 g/mol. The third-order valence-corrected chi connectivity index (χ3v) is 4.48. The molecule has 0 saturated carbocycles. The Labute approximate surface area is 133 Å². The predicted molar refractivity (Wildman–Crippen MR) is 97.7 cm³/mol. The third kappa shape index (κ3) is 3.05. The number of hydrogen-bond donors (Lipinski definition) is 1. The Kier molecular flexibility index (Phi) is 4.27. The van der Waals surface area contributed by atoms with E-state index in [1.807, 2.05) is 12.1 Å². The monoisotopic (exact) mass is 306 g/mol. The highest BCUT2D eigenvalue weighted by Gasteiger charge is 2.03. The molecule has 110 valence electrons. The topological polar surface area (TPSA) is 20.2 Å². The molecule has 0 fully saturated rings. The van der Waals surface area contributed by atoms with Crippen molar-refractivity contribution >= 4 is 14.5 Å². The van der Waals surface area contributed by atoms with Gasteiger partial charge in [0.1, 0.15) is 5.75 Å². The Balaban J connectivity index is 1.91. The number of benzene rings is 3. The van der Waals surface area contributed by atoms with Crippen LogP contribution in [-0.4, -0.2) is 5.11 Å². The average Bonchev–Trinajstić information content (AvgIpc) is 2.56. The van der Waals surface area contributed by atoms with Crippen LogP contribution in [0, 0.1) is 0 Å². The second-order valence-corrected chi connectivity index (χ2v) is 6.01. The lowest BCUT2D eigenvalue weighted by Gasteiger charge is -2.08. The van der Waals surface area contributed by atoms with E-state index in [1.165, 1.54) is 22.0 Å². The minimum atomic E-state index is 0.296. The molecular formula is C20H19OP. The highest BCUT2D eigenvalue weighted by Crippen LogP contribution is 2.26. The summed E-state index contributed by atoms with van der Waals surface area (Å²) in [7, 11) is 2.82. The van der Waals surface area contributed by atoms with Crippen molar-refractivity contribution in [3.8, 4) is 28.0 Å². The molecule has 0 radical (unpaired) electrons. The van der Waals surface area contributed by atoms with Gasteiger partial charge in [0.2, 0.25) is 0 Å². The number of rotatable bonds is 3. The van der Waals surface area contributed by atoms with Crippen molar-refractivity contribution in [3.63, 3.8) is 0 Å². The Morgan fingerprint density at radius 1 is 0.727 bits per heavy atom. The van der Waals surface area contributed by atoms with Crippen LogP contribution >= 0.6 is 9.24 Å². The fraction of sp³-hybridized carbons (Fsp3) is 0.100. The summed E-state index contributed by atoms with van der Waals surface area (Å²) < 4.78 is 0. The van der Waals surface area contributed by atoms with Crippen LogP contribution in [0.25, 0.3) is 22.3 Å². The first-order valence-corrected chi connectivity index (χ1v) is 8.03. The molecule has 22 heavy (non-hydrogen) atoms. The molecule has 0 aliphatic rings. The Morgan fingerprint density at radius 3 is 1.68 bits per heavy atom. The van der Waals surface area contributed by atoms with Crippen molar-refractivity contribution < 1.29 is 5.11 Å². The standard InChI is InChI=1S/C20H19OP/c1-2-14-3-8-18(13-20(14)22)17-6-4-15(5-7-17)16-9-11-19(21)12-10-16/h3-13,21H,2,22H2,1H3. The van der Waals surface area contributed by atoms with Gasteiger partial charge in [-0.05, 0) is 57.7 Å². The van der Waals surface area contributed by atoms with Crippen molar-refractivity contribution in [3.05, 3.63) is 72.3 Å². The minimum absolute atomic E-state index is 0.296. The van der Waals surface area contributed by atoms with Gasteiger partial charge in [-0.3, -0.25) is 0 Å².